The molecule has 0 aromatic carbocycles. The molecule has 0 N–H and O–H groups in total. The molecular formula is C11H22N4O2Si. The molecule has 6 nitrogen and oxygen atoms in total. The number of carbonyl (C=O) groups is 2. The normalized spacial score (nSPS) is 28.6. The number of hydrogen-bond donors (Lipinski definition) is 0. The summed E-state index contributed by atoms with van der Waals surface area (Å²) >= 11 is 0. The number of hydrogen-bond acceptors (Lipinski definition) is 2. The second-order valence-electron chi connectivity index (χ2n) is 5.94. The quantitative estimate of drug-likeness (QED) is 0.709. The molecule has 2 aliphatic heterocycles. The lowest BCUT2D eigenvalue weighted by atomic mass is 10.4. The van der Waals surface area contributed by atoms with E-state index in [1.165, 1.54) is 0 Å². The van der Waals surface area contributed by atoms with E-state index in [2.05, 4.69) is 19.6 Å². The van der Waals surface area contributed by atoms with Gasteiger partial charge < -0.3 is 19.3 Å². The van der Waals surface area contributed by atoms with Crippen LogP contribution in [0.5, 0.6) is 0 Å². The molecule has 0 spiro atoms. The lowest BCUT2D eigenvalue weighted by Gasteiger charge is -2.36. The minimum Gasteiger partial charge on any atom is -0.329 e. The summed E-state index contributed by atoms with van der Waals surface area (Å²) in [7, 11) is 1.74. The van der Waals surface area contributed by atoms with Crippen molar-refractivity contribution in [2.45, 2.75) is 38.9 Å². The van der Waals surface area contributed by atoms with Crippen molar-refractivity contribution in [2.75, 3.05) is 20.6 Å². The van der Waals surface area contributed by atoms with Gasteiger partial charge >= 0.3 is 12.1 Å². The fourth-order valence-corrected chi connectivity index (χ4v) is 4.72. The zero-order valence-corrected chi connectivity index (χ0v) is 13.0. The van der Waals surface area contributed by atoms with Crippen molar-refractivity contribution >= 4 is 20.3 Å². The Morgan fingerprint density at radius 2 is 1.50 bits per heavy atom. The average molecular weight is 270 g/mol. The minimum absolute atomic E-state index is 0.0146. The Balaban J connectivity index is 2.46. The van der Waals surface area contributed by atoms with Crippen LogP contribution in [0.4, 0.5) is 9.59 Å². The van der Waals surface area contributed by atoms with Crippen LogP contribution in [0.15, 0.2) is 0 Å². The molecule has 2 fully saturated rings. The molecule has 2 heterocycles. The van der Waals surface area contributed by atoms with Crippen LogP contribution in [-0.2, 0) is 0 Å². The summed E-state index contributed by atoms with van der Waals surface area (Å²) in [6.07, 6.45) is -0.284. The number of urea groups is 2. The third kappa shape index (κ3) is 1.53. The van der Waals surface area contributed by atoms with E-state index in [0.717, 1.165) is 0 Å². The van der Waals surface area contributed by atoms with Crippen LogP contribution in [-0.4, -0.2) is 72.5 Å². The first-order valence-corrected chi connectivity index (χ1v) is 9.76. The smallest absolute Gasteiger partial charge is 0.323 e. The molecule has 2 saturated heterocycles. The van der Waals surface area contributed by atoms with Gasteiger partial charge in [-0.25, -0.2) is 9.59 Å². The molecule has 0 saturated carbocycles. The Labute approximate surface area is 109 Å². The van der Waals surface area contributed by atoms with Crippen LogP contribution >= 0.6 is 0 Å². The Hall–Kier alpha value is -1.24. The summed E-state index contributed by atoms with van der Waals surface area (Å²) in [5.74, 6) is 0. The van der Waals surface area contributed by atoms with Gasteiger partial charge in [-0.1, -0.05) is 19.6 Å². The van der Waals surface area contributed by atoms with Crippen molar-refractivity contribution in [3.63, 3.8) is 0 Å². The van der Waals surface area contributed by atoms with Gasteiger partial charge in [0.05, 0.1) is 0 Å². The summed E-state index contributed by atoms with van der Waals surface area (Å²) in [6, 6.07) is 0.0528. The zero-order valence-electron chi connectivity index (χ0n) is 12.0. The van der Waals surface area contributed by atoms with Crippen molar-refractivity contribution in [2.24, 2.45) is 0 Å². The summed E-state index contributed by atoms with van der Waals surface area (Å²) in [5.41, 5.74) is 0. The number of likely N-dealkylation sites (N-methyl/N-ethyl adjacent to an activating group) is 3. The molecule has 2 unspecified atom stereocenters. The molecule has 0 aromatic rings. The standard InChI is InChI=1S/C11H22N4O2Si/c1-7-14-8-9(13(3)10(16)12(8)2)15(11(14)17)18(4,5)6/h8-9H,7H2,1-6H3. The van der Waals surface area contributed by atoms with E-state index < -0.39 is 8.24 Å². The predicted molar refractivity (Wildman–Crippen MR) is 71.5 cm³/mol. The molecule has 2 atom stereocenters. The van der Waals surface area contributed by atoms with Crippen LogP contribution in [0, 0.1) is 0 Å². The van der Waals surface area contributed by atoms with Gasteiger partial charge in [0, 0.05) is 20.6 Å². The molecular weight excluding hydrogens is 248 g/mol. The SMILES string of the molecule is CCN1C(=O)N([Si](C)(C)C)C2C1N(C)C(=O)N2C. The minimum atomic E-state index is -1.81. The Morgan fingerprint density at radius 3 is 1.94 bits per heavy atom. The number of nitrogens with zero attached hydrogens (tertiary/aromatic N) is 4. The highest BCUT2D eigenvalue weighted by Gasteiger charge is 2.58. The van der Waals surface area contributed by atoms with Gasteiger partial charge in [0.15, 0.2) is 8.24 Å². The van der Waals surface area contributed by atoms with Crippen LogP contribution in [0.1, 0.15) is 6.92 Å². The van der Waals surface area contributed by atoms with Crippen molar-refractivity contribution in [1.82, 2.24) is 19.3 Å². The molecule has 7 heteroatoms. The first kappa shape index (κ1) is 13.2. The summed E-state index contributed by atoms with van der Waals surface area (Å²) < 4.78 is 1.95. The fraction of sp³-hybridized carbons (Fsp3) is 0.818. The highest BCUT2D eigenvalue weighted by Crippen LogP contribution is 2.35. The van der Waals surface area contributed by atoms with Crippen molar-refractivity contribution in [3.05, 3.63) is 0 Å². The van der Waals surface area contributed by atoms with E-state index >= 15 is 0 Å². The van der Waals surface area contributed by atoms with Crippen LogP contribution in [0.3, 0.4) is 0 Å². The molecule has 0 radical (unpaired) electrons. The number of rotatable bonds is 2. The maximum Gasteiger partial charge on any atom is 0.323 e. The van der Waals surface area contributed by atoms with Gasteiger partial charge in [0.2, 0.25) is 0 Å². The number of amides is 4. The predicted octanol–water partition coefficient (Wildman–Crippen LogP) is 1.23. The molecule has 4 amide bonds. The fourth-order valence-electron chi connectivity index (χ4n) is 2.92. The molecule has 0 bridgehead atoms. The number of fused-ring (bicyclic) bond motifs is 1. The molecule has 0 aliphatic carbocycles. The second kappa shape index (κ2) is 3.88. The summed E-state index contributed by atoms with van der Waals surface area (Å²) in [6.45, 7) is 9.00. The van der Waals surface area contributed by atoms with Crippen molar-refractivity contribution in [1.29, 1.82) is 0 Å². The lowest BCUT2D eigenvalue weighted by molar-refractivity contribution is 0.149. The van der Waals surface area contributed by atoms with Crippen LogP contribution in [0.25, 0.3) is 0 Å². The Kier molecular flexibility index (Phi) is 2.84. The molecule has 102 valence electrons. The van der Waals surface area contributed by atoms with E-state index in [9.17, 15) is 9.59 Å². The first-order valence-electron chi connectivity index (χ1n) is 6.31. The van der Waals surface area contributed by atoms with E-state index in [1.807, 2.05) is 11.5 Å². The van der Waals surface area contributed by atoms with Crippen molar-refractivity contribution in [3.8, 4) is 0 Å². The molecule has 18 heavy (non-hydrogen) atoms. The van der Waals surface area contributed by atoms with Gasteiger partial charge in [-0.2, -0.15) is 0 Å². The van der Waals surface area contributed by atoms with Gasteiger partial charge in [0.25, 0.3) is 0 Å². The summed E-state index contributed by atoms with van der Waals surface area (Å²) in [4.78, 5) is 29.7. The first-order chi connectivity index (χ1) is 8.21. The molecule has 2 rings (SSSR count). The topological polar surface area (TPSA) is 47.1 Å². The Bertz CT molecular complexity index is 395. The summed E-state index contributed by atoms with van der Waals surface area (Å²) in [5, 5.41) is 0. The van der Waals surface area contributed by atoms with E-state index in [4.69, 9.17) is 0 Å². The van der Waals surface area contributed by atoms with Gasteiger partial charge in [-0.15, -0.1) is 0 Å². The van der Waals surface area contributed by atoms with Gasteiger partial charge in [-0.05, 0) is 6.92 Å². The lowest BCUT2D eigenvalue weighted by Crippen LogP contribution is -2.56. The van der Waals surface area contributed by atoms with Gasteiger partial charge in [-0.3, -0.25) is 0 Å². The van der Waals surface area contributed by atoms with E-state index in [1.54, 1.807) is 28.8 Å². The monoisotopic (exact) mass is 270 g/mol. The molecule has 2 aliphatic rings. The highest BCUT2D eigenvalue weighted by atomic mass is 28.3. The van der Waals surface area contributed by atoms with E-state index in [-0.39, 0.29) is 24.4 Å². The van der Waals surface area contributed by atoms with E-state index in [0.29, 0.717) is 6.54 Å². The third-order valence-electron chi connectivity index (χ3n) is 3.76. The third-order valence-corrected chi connectivity index (χ3v) is 5.66. The average Bonchev–Trinajstić information content (AvgIpc) is 2.67. The van der Waals surface area contributed by atoms with Crippen LogP contribution in [0.2, 0.25) is 19.6 Å². The van der Waals surface area contributed by atoms with Crippen LogP contribution < -0.4 is 0 Å². The maximum absolute atomic E-state index is 12.5. The molecule has 0 aromatic heterocycles. The van der Waals surface area contributed by atoms with Gasteiger partial charge in [0.1, 0.15) is 12.3 Å². The number of carbonyl (C=O) groups excluding carboxylic acids is 2. The second-order valence-corrected chi connectivity index (χ2v) is 10.8. The van der Waals surface area contributed by atoms with Crippen molar-refractivity contribution < 1.29 is 9.59 Å². The zero-order chi connectivity index (χ0) is 13.8. The maximum atomic E-state index is 12.5. The largest absolute Gasteiger partial charge is 0.329 e. The Morgan fingerprint density at radius 1 is 1.00 bits per heavy atom. The highest BCUT2D eigenvalue weighted by molar-refractivity contribution is 6.75.